The van der Waals surface area contributed by atoms with Gasteiger partial charge < -0.3 is 44.6 Å². The van der Waals surface area contributed by atoms with Crippen LogP contribution in [0.1, 0.15) is 0 Å². The van der Waals surface area contributed by atoms with E-state index in [4.69, 9.17) is 30.9 Å². The fourth-order valence-corrected chi connectivity index (χ4v) is 9.81. The van der Waals surface area contributed by atoms with Gasteiger partial charge in [0.1, 0.15) is 38.3 Å². The van der Waals surface area contributed by atoms with Crippen molar-refractivity contribution >= 4 is 111 Å². The molecule has 0 aliphatic carbocycles. The van der Waals surface area contributed by atoms with Crippen molar-refractivity contribution in [1.82, 2.24) is 19.9 Å². The van der Waals surface area contributed by atoms with E-state index < -0.39 is 120 Å². The molecule has 0 radical (unpaired) electrons. The number of phosphoric acid groups is 1. The highest BCUT2D eigenvalue weighted by Crippen LogP contribution is 2.47. The van der Waals surface area contributed by atoms with Crippen LogP contribution in [0.3, 0.4) is 0 Å². The third-order valence-electron chi connectivity index (χ3n) is 9.42. The number of hydrogen-bond acceptors (Lipinski definition) is 24. The molecule has 29 nitrogen and oxygen atoms in total. The van der Waals surface area contributed by atoms with Crippen LogP contribution in [-0.2, 0) is 49.3 Å². The fraction of sp³-hybridized carbons (Fsp3) is 0.286. The Labute approximate surface area is 402 Å². The van der Waals surface area contributed by atoms with E-state index in [2.05, 4.69) is 45.2 Å². The van der Waals surface area contributed by atoms with Crippen LogP contribution in [0.5, 0.6) is 23.0 Å². The quantitative estimate of drug-likeness (QED) is 0.0272. The molecular formula is C35H40ClN10O19PS4. The summed E-state index contributed by atoms with van der Waals surface area (Å²) in [6.07, 6.45) is 0. The molecule has 0 unspecified atom stereocenters. The molecule has 1 heterocycles. The van der Waals surface area contributed by atoms with E-state index in [1.54, 1.807) is 11.9 Å². The number of benzene rings is 4. The number of hydrogen-bond donors (Lipinski definition) is 8. The number of aromatic hydroxyl groups is 2. The molecule has 0 saturated heterocycles. The monoisotopic (exact) mass is 1100 g/mol. The highest BCUT2D eigenvalue weighted by atomic mass is 35.5. The Kier molecular flexibility index (Phi) is 17.1. The zero-order valence-corrected chi connectivity index (χ0v) is 41.3. The second-order valence-electron chi connectivity index (χ2n) is 14.2. The van der Waals surface area contributed by atoms with E-state index >= 15 is 0 Å². The van der Waals surface area contributed by atoms with Crippen molar-refractivity contribution in [2.75, 3.05) is 76.3 Å². The maximum atomic E-state index is 13.1. The number of halogens is 1. The number of phenolic OH excluding ortho intramolecular Hbond substituents is 2. The van der Waals surface area contributed by atoms with Gasteiger partial charge >= 0.3 is 7.82 Å². The Balaban J connectivity index is 1.51. The largest absolute Gasteiger partial charge is 0.506 e. The number of sulfone groups is 1. The number of phenols is 2. The molecule has 0 bridgehead atoms. The van der Waals surface area contributed by atoms with Crippen LogP contribution >= 0.6 is 19.4 Å². The molecule has 0 amide bonds. The van der Waals surface area contributed by atoms with Gasteiger partial charge in [0.25, 0.3) is 30.4 Å². The molecule has 8 N–H and O–H groups in total. The Bertz CT molecular complexity index is 3400. The third-order valence-corrected chi connectivity index (χ3v) is 14.4. The predicted octanol–water partition coefficient (Wildman–Crippen LogP) is 4.31. The van der Waals surface area contributed by atoms with Crippen molar-refractivity contribution in [3.05, 3.63) is 53.8 Å². The van der Waals surface area contributed by atoms with Crippen LogP contribution in [0, 0.1) is 0 Å². The van der Waals surface area contributed by atoms with Crippen molar-refractivity contribution in [3.63, 3.8) is 0 Å². The maximum absolute atomic E-state index is 13.1. The van der Waals surface area contributed by atoms with Crippen molar-refractivity contribution in [2.24, 2.45) is 20.5 Å². The Morgan fingerprint density at radius 1 is 0.729 bits per heavy atom. The van der Waals surface area contributed by atoms with Gasteiger partial charge in [-0.2, -0.15) is 40.2 Å². The molecule has 35 heteroatoms. The molecule has 0 aliphatic heterocycles. The van der Waals surface area contributed by atoms with Gasteiger partial charge in [0, 0.05) is 49.6 Å². The van der Waals surface area contributed by atoms with Gasteiger partial charge in [0.05, 0.1) is 42.9 Å². The molecule has 4 aromatic carbocycles. The van der Waals surface area contributed by atoms with E-state index in [0.29, 0.717) is 6.07 Å². The lowest BCUT2D eigenvalue weighted by atomic mass is 10.1. The highest BCUT2D eigenvalue weighted by Gasteiger charge is 2.30. The first-order valence-electron chi connectivity index (χ1n) is 19.1. The number of azo groups is 2. The van der Waals surface area contributed by atoms with Crippen LogP contribution in [0.4, 0.5) is 40.3 Å². The van der Waals surface area contributed by atoms with Crippen LogP contribution in [0.15, 0.2) is 83.7 Å². The zero-order chi connectivity index (χ0) is 52.1. The minimum absolute atomic E-state index is 0.00539. The number of anilines is 3. The molecule has 0 aliphatic rings. The molecule has 5 aromatic rings. The van der Waals surface area contributed by atoms with Gasteiger partial charge in [-0.25, -0.2) is 13.0 Å². The standard InChI is InChI=1S/C35H40ClN10O19PS4/c1-45(11-13-67(52,53)14-12-65-66(49,50)51)10-9-37-34-38-33(36)39-35(40-34)46(2)25-7-6-20-21(32(25)70(60,61)62)16-29(69(57,58)59)30(31(20)48)44-42-23-18-28(64-4)27(63-3)17-22(23)41-43-24-15-19(68(54,55)56)5-8-26(24)47/h5-8,15-18,47-48H,9-14H2,1-4H3,(H2,49,50,51)(H,54,55,56)(H,57,58,59)(H,60,61,62)(H,37,38,39,40). The van der Waals surface area contributed by atoms with Gasteiger partial charge in [0.2, 0.25) is 17.2 Å². The lowest BCUT2D eigenvalue weighted by Gasteiger charge is -2.22. The van der Waals surface area contributed by atoms with Gasteiger partial charge in [-0.05, 0) is 55.0 Å². The first kappa shape index (κ1) is 55.1. The van der Waals surface area contributed by atoms with Crippen molar-refractivity contribution in [1.29, 1.82) is 0 Å². The van der Waals surface area contributed by atoms with Crippen LogP contribution in [-0.4, -0.2) is 153 Å². The van der Waals surface area contributed by atoms with E-state index in [1.165, 1.54) is 27.3 Å². The van der Waals surface area contributed by atoms with Gasteiger partial charge in [-0.3, -0.25) is 18.2 Å². The molecule has 0 atom stereocenters. The smallest absolute Gasteiger partial charge is 0.469 e. The number of aromatic nitrogens is 3. The van der Waals surface area contributed by atoms with Gasteiger partial charge in [0.15, 0.2) is 27.1 Å². The number of phosphoric ester groups is 1. The van der Waals surface area contributed by atoms with Crippen LogP contribution in [0.25, 0.3) is 10.8 Å². The summed E-state index contributed by atoms with van der Waals surface area (Å²) in [6, 6.07) is 7.64. The zero-order valence-electron chi connectivity index (χ0n) is 36.4. The Morgan fingerprint density at radius 2 is 1.34 bits per heavy atom. The number of rotatable bonds is 22. The number of likely N-dealkylation sites (N-methyl/N-ethyl adjacent to an activating group) is 1. The minimum Gasteiger partial charge on any atom is -0.506 e. The number of fused-ring (bicyclic) bond motifs is 1. The first-order valence-corrected chi connectivity index (χ1v) is 27.1. The molecular weight excluding hydrogens is 1060 g/mol. The fourth-order valence-electron chi connectivity index (χ4n) is 6.01. The third kappa shape index (κ3) is 14.2. The summed E-state index contributed by atoms with van der Waals surface area (Å²) in [6.45, 7) is -0.445. The molecule has 0 spiro atoms. The second kappa shape index (κ2) is 21.7. The summed E-state index contributed by atoms with van der Waals surface area (Å²) >= 11 is 6.17. The average Bonchev–Trinajstić information content (AvgIpc) is 3.25. The van der Waals surface area contributed by atoms with Gasteiger partial charge in [-0.1, -0.05) is 0 Å². The molecule has 1 aromatic heterocycles. The summed E-state index contributed by atoms with van der Waals surface area (Å²) in [7, 11) is -18.9. The lowest BCUT2D eigenvalue weighted by Crippen LogP contribution is -2.31. The lowest BCUT2D eigenvalue weighted by molar-refractivity contribution is 0.207. The van der Waals surface area contributed by atoms with E-state index in [1.807, 2.05) is 0 Å². The predicted molar refractivity (Wildman–Crippen MR) is 247 cm³/mol. The summed E-state index contributed by atoms with van der Waals surface area (Å²) in [5.74, 6) is -3.18. The molecule has 0 saturated carbocycles. The molecule has 0 fully saturated rings. The minimum atomic E-state index is -5.46. The highest BCUT2D eigenvalue weighted by molar-refractivity contribution is 7.91. The number of nitrogens with zero attached hydrogens (tertiary/aromatic N) is 9. The molecule has 380 valence electrons. The number of methoxy groups -OCH3 is 2. The van der Waals surface area contributed by atoms with Crippen molar-refractivity contribution in [2.45, 2.75) is 14.7 Å². The van der Waals surface area contributed by atoms with Crippen LogP contribution in [0.2, 0.25) is 5.28 Å². The molecule has 5 rings (SSSR count). The normalized spacial score (nSPS) is 12.9. The average molecular weight is 1100 g/mol. The van der Waals surface area contributed by atoms with Crippen LogP contribution < -0.4 is 19.7 Å². The maximum Gasteiger partial charge on any atom is 0.469 e. The number of ether oxygens (including phenoxy) is 2. The number of nitrogens with one attached hydrogen (secondary N) is 1. The van der Waals surface area contributed by atoms with Gasteiger partial charge in [-0.15, -0.1) is 20.5 Å². The van der Waals surface area contributed by atoms with E-state index in [-0.39, 0.29) is 60.2 Å². The second-order valence-corrected chi connectivity index (χ2v) is 22.3. The van der Waals surface area contributed by atoms with Crippen molar-refractivity contribution < 1.29 is 85.9 Å². The van der Waals surface area contributed by atoms with E-state index in [0.717, 1.165) is 41.3 Å². The summed E-state index contributed by atoms with van der Waals surface area (Å²) in [5.41, 5.74) is -2.44. The SMILES string of the molecule is COc1cc(N=Nc2cc(S(=O)(=O)O)ccc2O)c(N=Nc2c(S(=O)(=O)O)cc3c(S(=O)(=O)O)c(N(C)c4nc(Cl)nc(NCCN(C)CCS(=O)(=O)CCOP(=O)(O)O)n4)ccc3c2O)cc1OC. The first-order chi connectivity index (χ1) is 32.4. The summed E-state index contributed by atoms with van der Waals surface area (Å²) in [4.78, 5) is 29.4. The Morgan fingerprint density at radius 3 is 1.91 bits per heavy atom. The van der Waals surface area contributed by atoms with Crippen molar-refractivity contribution in [3.8, 4) is 23.0 Å². The van der Waals surface area contributed by atoms with E-state index in [9.17, 15) is 62.1 Å². The topological polar surface area (TPSA) is 430 Å². The summed E-state index contributed by atoms with van der Waals surface area (Å²) in [5, 5.41) is 38.7. The molecule has 70 heavy (non-hydrogen) atoms. The summed E-state index contributed by atoms with van der Waals surface area (Å²) < 4.78 is 156. The Hall–Kier alpha value is -5.81.